The van der Waals surface area contributed by atoms with E-state index in [1.807, 2.05) is 0 Å². The maximum Gasteiger partial charge on any atom is 0.303 e. The molecule has 5 nitrogen and oxygen atoms in total. The number of carboxylic acids is 1. The summed E-state index contributed by atoms with van der Waals surface area (Å²) in [7, 11) is 0. The van der Waals surface area contributed by atoms with Crippen LogP contribution < -0.4 is 0 Å². The summed E-state index contributed by atoms with van der Waals surface area (Å²) in [5.41, 5.74) is -0.452. The van der Waals surface area contributed by atoms with E-state index < -0.39 is 18.2 Å². The highest BCUT2D eigenvalue weighted by Gasteiger charge is 2.70. The van der Waals surface area contributed by atoms with Crippen molar-refractivity contribution in [2.24, 2.45) is 45.8 Å². The summed E-state index contributed by atoms with van der Waals surface area (Å²) in [6, 6.07) is 0. The number of aliphatic hydroxyl groups excluding tert-OH is 3. The first kappa shape index (κ1) is 22.5. The molecule has 2 unspecified atom stereocenters. The van der Waals surface area contributed by atoms with Gasteiger partial charge in [0.1, 0.15) is 0 Å². The molecule has 30 heavy (non-hydrogen) atoms. The van der Waals surface area contributed by atoms with Crippen LogP contribution in [0.15, 0.2) is 0 Å². The van der Waals surface area contributed by atoms with Gasteiger partial charge < -0.3 is 20.4 Å². The van der Waals surface area contributed by atoms with E-state index in [9.17, 15) is 20.1 Å². The first-order chi connectivity index (χ1) is 14.0. The summed E-state index contributed by atoms with van der Waals surface area (Å²) in [6.45, 7) is 9.02. The highest BCUT2D eigenvalue weighted by molar-refractivity contribution is 5.66. The quantitative estimate of drug-likeness (QED) is 0.552. The first-order valence-electron chi connectivity index (χ1n) is 12.2. The molecule has 0 heterocycles. The summed E-state index contributed by atoms with van der Waals surface area (Å²) >= 11 is 0. The molecular weight excluding hydrogens is 380 g/mol. The lowest BCUT2D eigenvalue weighted by molar-refractivity contribution is -0.251. The third-order valence-electron chi connectivity index (χ3n) is 11.0. The van der Waals surface area contributed by atoms with Gasteiger partial charge in [0.25, 0.3) is 0 Å². The van der Waals surface area contributed by atoms with Crippen LogP contribution in [-0.4, -0.2) is 44.7 Å². The molecule has 0 amide bonds. The number of carboxylic acid groups (broad SMARTS) is 1. The number of hydrogen-bond acceptors (Lipinski definition) is 4. The van der Waals surface area contributed by atoms with Crippen molar-refractivity contribution in [2.45, 2.75) is 104 Å². The monoisotopic (exact) mass is 422 g/mol. The van der Waals surface area contributed by atoms with Crippen LogP contribution in [0.1, 0.15) is 85.5 Å². The lowest BCUT2D eigenvalue weighted by Gasteiger charge is -2.68. The van der Waals surface area contributed by atoms with Crippen LogP contribution in [0, 0.1) is 45.8 Å². The first-order valence-corrected chi connectivity index (χ1v) is 12.2. The molecule has 0 aromatic carbocycles. The molecule has 0 bridgehead atoms. The Balaban J connectivity index is 1.67. The molecule has 11 atom stereocenters. The second-order valence-corrected chi connectivity index (χ2v) is 12.1. The van der Waals surface area contributed by atoms with Crippen LogP contribution in [0.25, 0.3) is 0 Å². The van der Waals surface area contributed by atoms with Gasteiger partial charge in [0.15, 0.2) is 0 Å². The van der Waals surface area contributed by atoms with E-state index in [1.54, 1.807) is 0 Å². The largest absolute Gasteiger partial charge is 0.481 e. The second-order valence-electron chi connectivity index (χ2n) is 12.1. The van der Waals surface area contributed by atoms with Gasteiger partial charge in [-0.2, -0.15) is 0 Å². The summed E-state index contributed by atoms with van der Waals surface area (Å²) in [4.78, 5) is 11.1. The van der Waals surface area contributed by atoms with Crippen LogP contribution in [-0.2, 0) is 4.79 Å². The molecule has 4 saturated carbocycles. The molecule has 4 aliphatic rings. The maximum atomic E-state index is 11.6. The van der Waals surface area contributed by atoms with Crippen LogP contribution in [0.3, 0.4) is 0 Å². The van der Waals surface area contributed by atoms with E-state index >= 15 is 0 Å². The van der Waals surface area contributed by atoms with Crippen molar-refractivity contribution in [1.82, 2.24) is 0 Å². The SMILES string of the molecule is C[C@H](CCC(=O)O)C1CCC2[C@]1(C)[C@@H](O)C[C@@H]1[C@@]3(C)CC[C@@H](O)C[C@H]3C[C@@H](O)[C@@]21C. The normalized spacial score (nSPS) is 54.0. The second kappa shape index (κ2) is 7.45. The predicted molar refractivity (Wildman–Crippen MR) is 115 cm³/mol. The molecule has 5 heteroatoms. The van der Waals surface area contributed by atoms with Gasteiger partial charge in [0, 0.05) is 11.8 Å². The summed E-state index contributed by atoms with van der Waals surface area (Å²) in [5, 5.41) is 42.5. The number of aliphatic carboxylic acids is 1. The average molecular weight is 423 g/mol. The molecule has 4 fully saturated rings. The fraction of sp³-hybridized carbons (Fsp3) is 0.960. The van der Waals surface area contributed by atoms with Gasteiger partial charge in [-0.15, -0.1) is 0 Å². The molecule has 0 aromatic heterocycles. The van der Waals surface area contributed by atoms with Crippen molar-refractivity contribution in [3.05, 3.63) is 0 Å². The zero-order valence-electron chi connectivity index (χ0n) is 19.2. The lowest BCUT2D eigenvalue weighted by atomic mass is 9.38. The van der Waals surface area contributed by atoms with Gasteiger partial charge in [-0.05, 0) is 91.8 Å². The Kier molecular flexibility index (Phi) is 5.60. The van der Waals surface area contributed by atoms with Crippen molar-refractivity contribution in [3.63, 3.8) is 0 Å². The van der Waals surface area contributed by atoms with Crippen molar-refractivity contribution < 1.29 is 25.2 Å². The Morgan fingerprint density at radius 3 is 2.27 bits per heavy atom. The summed E-state index contributed by atoms with van der Waals surface area (Å²) in [5.74, 6) is 0.611. The average Bonchev–Trinajstić information content (AvgIpc) is 3.04. The van der Waals surface area contributed by atoms with Crippen molar-refractivity contribution in [2.75, 3.05) is 0 Å². The lowest BCUT2D eigenvalue weighted by Crippen LogP contribution is -2.67. The predicted octanol–water partition coefficient (Wildman–Crippen LogP) is 3.84. The van der Waals surface area contributed by atoms with E-state index in [1.165, 1.54) is 0 Å². The van der Waals surface area contributed by atoms with E-state index in [4.69, 9.17) is 5.11 Å². The number of fused-ring (bicyclic) bond motifs is 5. The van der Waals surface area contributed by atoms with Crippen LogP contribution in [0.5, 0.6) is 0 Å². The Bertz CT molecular complexity index is 680. The number of hydrogen-bond donors (Lipinski definition) is 4. The fourth-order valence-corrected chi connectivity index (χ4v) is 9.30. The molecule has 0 aliphatic heterocycles. The molecule has 4 rings (SSSR count). The van der Waals surface area contributed by atoms with Gasteiger partial charge >= 0.3 is 5.97 Å². The Labute approximate surface area is 181 Å². The minimum Gasteiger partial charge on any atom is -0.481 e. The van der Waals surface area contributed by atoms with Crippen molar-refractivity contribution in [3.8, 4) is 0 Å². The molecule has 172 valence electrons. The number of carbonyl (C=O) groups is 1. The van der Waals surface area contributed by atoms with Gasteiger partial charge in [-0.25, -0.2) is 0 Å². The maximum absolute atomic E-state index is 11.6. The van der Waals surface area contributed by atoms with Gasteiger partial charge in [-0.3, -0.25) is 4.79 Å². The fourth-order valence-electron chi connectivity index (χ4n) is 9.30. The standard InChI is InChI=1S/C25H42O5/c1-14(5-8-22(29)30)17-6-7-18-24(17,3)21(28)13-19-23(2)10-9-16(26)11-15(23)12-20(27)25(18,19)4/h14-21,26-28H,5-13H2,1-4H3,(H,29,30)/t14-,15+,16-,17?,18?,19-,20-,21+,23+,24-,25+/m1/s1. The molecule has 4 aliphatic carbocycles. The smallest absolute Gasteiger partial charge is 0.303 e. The number of rotatable bonds is 4. The van der Waals surface area contributed by atoms with Gasteiger partial charge in [0.05, 0.1) is 18.3 Å². The molecule has 0 spiro atoms. The van der Waals surface area contributed by atoms with Crippen molar-refractivity contribution in [1.29, 1.82) is 0 Å². The molecule has 0 saturated heterocycles. The minimum atomic E-state index is -0.751. The van der Waals surface area contributed by atoms with Crippen LogP contribution in [0.4, 0.5) is 0 Å². The Hall–Kier alpha value is -0.650. The molecule has 0 aromatic rings. The van der Waals surface area contributed by atoms with Crippen LogP contribution >= 0.6 is 0 Å². The summed E-state index contributed by atoms with van der Waals surface area (Å²) in [6.07, 6.45) is 5.78. The Morgan fingerprint density at radius 2 is 1.60 bits per heavy atom. The third kappa shape index (κ3) is 3.02. The highest BCUT2D eigenvalue weighted by atomic mass is 16.4. The van der Waals surface area contributed by atoms with Crippen molar-refractivity contribution >= 4 is 5.97 Å². The zero-order valence-corrected chi connectivity index (χ0v) is 19.2. The van der Waals surface area contributed by atoms with Gasteiger partial charge in [0.2, 0.25) is 0 Å². The molecular formula is C25H42O5. The molecule has 0 radical (unpaired) electrons. The highest BCUT2D eigenvalue weighted by Crippen LogP contribution is 2.72. The van der Waals surface area contributed by atoms with E-state index in [0.717, 1.165) is 38.5 Å². The topological polar surface area (TPSA) is 98.0 Å². The minimum absolute atomic E-state index is 0.0581. The zero-order chi connectivity index (χ0) is 22.1. The van der Waals surface area contributed by atoms with E-state index in [-0.39, 0.29) is 46.5 Å². The van der Waals surface area contributed by atoms with E-state index in [0.29, 0.717) is 24.7 Å². The van der Waals surface area contributed by atoms with E-state index in [2.05, 4.69) is 27.7 Å². The van der Waals surface area contributed by atoms with Crippen LogP contribution in [0.2, 0.25) is 0 Å². The summed E-state index contributed by atoms with van der Waals surface area (Å²) < 4.78 is 0. The molecule has 4 N–H and O–H groups in total. The Morgan fingerprint density at radius 1 is 0.933 bits per heavy atom. The van der Waals surface area contributed by atoms with Gasteiger partial charge in [-0.1, -0.05) is 27.7 Å². The number of aliphatic hydroxyl groups is 3. The third-order valence-corrected chi connectivity index (χ3v) is 11.0.